The second-order valence-corrected chi connectivity index (χ2v) is 5.07. The summed E-state index contributed by atoms with van der Waals surface area (Å²) in [5.74, 6) is 0. The summed E-state index contributed by atoms with van der Waals surface area (Å²) in [7, 11) is 2.04. The molecular formula is C16H38N2. The third kappa shape index (κ3) is 24.9. The Morgan fingerprint density at radius 3 is 1.39 bits per heavy atom. The van der Waals surface area contributed by atoms with Crippen molar-refractivity contribution in [2.24, 2.45) is 5.73 Å². The van der Waals surface area contributed by atoms with E-state index in [2.05, 4.69) is 19.2 Å². The Hall–Kier alpha value is -0.0800. The van der Waals surface area contributed by atoms with E-state index in [9.17, 15) is 0 Å². The summed E-state index contributed by atoms with van der Waals surface area (Å²) in [6.45, 7) is 6.35. The number of rotatable bonds is 12. The first-order valence-electron chi connectivity index (χ1n) is 8.18. The van der Waals surface area contributed by atoms with Gasteiger partial charge in [0.25, 0.3) is 0 Å². The van der Waals surface area contributed by atoms with E-state index in [0.717, 1.165) is 13.0 Å². The molecule has 0 fully saturated rings. The van der Waals surface area contributed by atoms with E-state index < -0.39 is 0 Å². The quantitative estimate of drug-likeness (QED) is 0.506. The van der Waals surface area contributed by atoms with Crippen LogP contribution < -0.4 is 11.1 Å². The van der Waals surface area contributed by atoms with Crippen molar-refractivity contribution in [3.63, 3.8) is 0 Å². The summed E-state index contributed by atoms with van der Waals surface area (Å²) in [6, 6.07) is 0. The lowest BCUT2D eigenvalue weighted by molar-refractivity contribution is 0.551. The van der Waals surface area contributed by atoms with Gasteiger partial charge in [-0.3, -0.25) is 0 Å². The van der Waals surface area contributed by atoms with Gasteiger partial charge in [0.15, 0.2) is 0 Å². The van der Waals surface area contributed by atoms with E-state index in [1.807, 2.05) is 7.05 Å². The fourth-order valence-electron chi connectivity index (χ4n) is 1.79. The van der Waals surface area contributed by atoms with Gasteiger partial charge in [0.1, 0.15) is 0 Å². The Bertz CT molecular complexity index is 102. The number of hydrogen-bond acceptors (Lipinski definition) is 2. The molecule has 0 unspecified atom stereocenters. The maximum absolute atomic E-state index is 5.03. The molecule has 0 saturated carbocycles. The van der Waals surface area contributed by atoms with Gasteiger partial charge in [-0.25, -0.2) is 0 Å². The van der Waals surface area contributed by atoms with Gasteiger partial charge in [0.2, 0.25) is 0 Å². The summed E-state index contributed by atoms with van der Waals surface area (Å²) in [6.07, 6.45) is 15.4. The zero-order valence-corrected chi connectivity index (χ0v) is 13.3. The van der Waals surface area contributed by atoms with Crippen LogP contribution >= 0.6 is 0 Å². The molecule has 0 aliphatic rings. The van der Waals surface area contributed by atoms with Crippen molar-refractivity contribution in [2.45, 2.75) is 84.5 Å². The Kier molecular flexibility index (Phi) is 24.9. The molecule has 0 radical (unpaired) electrons. The maximum Gasteiger partial charge on any atom is -0.00519 e. The third-order valence-electron chi connectivity index (χ3n) is 3.07. The van der Waals surface area contributed by atoms with Crippen LogP contribution in [0.4, 0.5) is 0 Å². The second-order valence-electron chi connectivity index (χ2n) is 5.07. The second kappa shape index (κ2) is 22.1. The SMILES string of the molecule is CCCCCCCCCCCCNC.CCCN. The average molecular weight is 258 g/mol. The van der Waals surface area contributed by atoms with E-state index >= 15 is 0 Å². The molecule has 2 heteroatoms. The smallest absolute Gasteiger partial charge is 0.00519 e. The van der Waals surface area contributed by atoms with Gasteiger partial charge in [-0.2, -0.15) is 0 Å². The number of hydrogen-bond donors (Lipinski definition) is 2. The van der Waals surface area contributed by atoms with Crippen molar-refractivity contribution in [3.8, 4) is 0 Å². The lowest BCUT2D eigenvalue weighted by atomic mass is 10.1. The zero-order chi connectivity index (χ0) is 13.9. The van der Waals surface area contributed by atoms with Crippen molar-refractivity contribution in [1.82, 2.24) is 5.32 Å². The lowest BCUT2D eigenvalue weighted by Crippen LogP contribution is -2.06. The molecule has 0 saturated heterocycles. The molecule has 18 heavy (non-hydrogen) atoms. The number of nitrogens with two attached hydrogens (primary N) is 1. The first-order valence-corrected chi connectivity index (χ1v) is 8.18. The lowest BCUT2D eigenvalue weighted by Gasteiger charge is -2.01. The number of unbranched alkanes of at least 4 members (excludes halogenated alkanes) is 9. The molecule has 0 aromatic heterocycles. The Morgan fingerprint density at radius 1 is 0.667 bits per heavy atom. The average Bonchev–Trinajstić information content (AvgIpc) is 2.41. The van der Waals surface area contributed by atoms with Gasteiger partial charge in [-0.1, -0.05) is 71.6 Å². The molecule has 112 valence electrons. The van der Waals surface area contributed by atoms with Gasteiger partial charge in [0, 0.05) is 0 Å². The van der Waals surface area contributed by atoms with Crippen molar-refractivity contribution in [3.05, 3.63) is 0 Å². The van der Waals surface area contributed by atoms with Gasteiger partial charge >= 0.3 is 0 Å². The van der Waals surface area contributed by atoms with Gasteiger partial charge in [-0.15, -0.1) is 0 Å². The van der Waals surface area contributed by atoms with Crippen molar-refractivity contribution in [1.29, 1.82) is 0 Å². The molecule has 0 aromatic rings. The monoisotopic (exact) mass is 258 g/mol. The normalized spacial score (nSPS) is 10.0. The van der Waals surface area contributed by atoms with Crippen LogP contribution in [0.1, 0.15) is 84.5 Å². The molecule has 0 aliphatic carbocycles. The molecular weight excluding hydrogens is 220 g/mol. The number of nitrogens with one attached hydrogen (secondary N) is 1. The molecule has 0 atom stereocenters. The first kappa shape index (κ1) is 20.2. The van der Waals surface area contributed by atoms with Crippen LogP contribution in [0.3, 0.4) is 0 Å². The van der Waals surface area contributed by atoms with Crippen LogP contribution in [-0.2, 0) is 0 Å². The molecule has 0 rings (SSSR count). The first-order chi connectivity index (χ1) is 8.83. The zero-order valence-electron chi connectivity index (χ0n) is 13.3. The van der Waals surface area contributed by atoms with E-state index in [1.165, 1.54) is 70.8 Å². The highest BCUT2D eigenvalue weighted by atomic mass is 14.8. The molecule has 2 nitrogen and oxygen atoms in total. The summed E-state index contributed by atoms with van der Waals surface area (Å²) < 4.78 is 0. The minimum atomic E-state index is 0.819. The minimum Gasteiger partial charge on any atom is -0.330 e. The van der Waals surface area contributed by atoms with Crippen LogP contribution in [0.2, 0.25) is 0 Å². The largest absolute Gasteiger partial charge is 0.330 e. The molecule has 0 aliphatic heterocycles. The topological polar surface area (TPSA) is 38.0 Å². The Morgan fingerprint density at radius 2 is 1.06 bits per heavy atom. The van der Waals surface area contributed by atoms with Crippen LogP contribution in [0.15, 0.2) is 0 Å². The molecule has 0 spiro atoms. The van der Waals surface area contributed by atoms with Crippen LogP contribution in [0.25, 0.3) is 0 Å². The standard InChI is InChI=1S/C13H29N.C3H9N/c1-3-4-5-6-7-8-9-10-11-12-13-14-2;1-2-3-4/h14H,3-13H2,1-2H3;2-4H2,1H3. The fraction of sp³-hybridized carbons (Fsp3) is 1.00. The van der Waals surface area contributed by atoms with Crippen molar-refractivity contribution >= 4 is 0 Å². The fourth-order valence-corrected chi connectivity index (χ4v) is 1.79. The summed E-state index contributed by atoms with van der Waals surface area (Å²) in [4.78, 5) is 0. The predicted molar refractivity (Wildman–Crippen MR) is 85.1 cm³/mol. The van der Waals surface area contributed by atoms with Crippen LogP contribution in [0.5, 0.6) is 0 Å². The molecule has 0 aromatic carbocycles. The maximum atomic E-state index is 5.03. The summed E-state index contributed by atoms with van der Waals surface area (Å²) in [5.41, 5.74) is 5.03. The molecule has 0 heterocycles. The molecule has 0 amide bonds. The molecule has 0 bridgehead atoms. The Balaban J connectivity index is 0. The van der Waals surface area contributed by atoms with Crippen molar-refractivity contribution in [2.75, 3.05) is 20.1 Å². The van der Waals surface area contributed by atoms with E-state index in [0.29, 0.717) is 0 Å². The Labute approximate surface area is 116 Å². The highest BCUT2D eigenvalue weighted by Crippen LogP contribution is 2.09. The van der Waals surface area contributed by atoms with E-state index in [1.54, 1.807) is 0 Å². The minimum absolute atomic E-state index is 0.819. The van der Waals surface area contributed by atoms with Crippen molar-refractivity contribution < 1.29 is 0 Å². The molecule has 3 N–H and O–H groups in total. The van der Waals surface area contributed by atoms with E-state index in [4.69, 9.17) is 5.73 Å². The predicted octanol–water partition coefficient (Wildman–Crippen LogP) is 4.48. The van der Waals surface area contributed by atoms with Gasteiger partial charge in [-0.05, 0) is 33.0 Å². The van der Waals surface area contributed by atoms with Crippen LogP contribution in [-0.4, -0.2) is 20.1 Å². The van der Waals surface area contributed by atoms with Gasteiger partial charge < -0.3 is 11.1 Å². The van der Waals surface area contributed by atoms with E-state index in [-0.39, 0.29) is 0 Å². The summed E-state index contributed by atoms with van der Waals surface area (Å²) in [5, 5.41) is 3.19. The third-order valence-corrected chi connectivity index (χ3v) is 3.07. The highest BCUT2D eigenvalue weighted by Gasteiger charge is 1.91. The van der Waals surface area contributed by atoms with Crippen LogP contribution in [0, 0.1) is 0 Å². The van der Waals surface area contributed by atoms with Gasteiger partial charge in [0.05, 0.1) is 0 Å². The highest BCUT2D eigenvalue weighted by molar-refractivity contribution is 4.48. The summed E-state index contributed by atoms with van der Waals surface area (Å²) >= 11 is 0.